The van der Waals surface area contributed by atoms with Gasteiger partial charge in [-0.25, -0.2) is 0 Å². The van der Waals surface area contributed by atoms with Crippen molar-refractivity contribution in [3.63, 3.8) is 0 Å². The SMILES string of the molecule is CCOC1(N=[N+]=[N-])CC(c2ccccc2)C1. The minimum atomic E-state index is -0.593. The Bertz CT molecular complexity index is 392. The van der Waals surface area contributed by atoms with Gasteiger partial charge < -0.3 is 4.74 Å². The lowest BCUT2D eigenvalue weighted by atomic mass is 9.73. The monoisotopic (exact) mass is 217 g/mol. The highest BCUT2D eigenvalue weighted by Gasteiger charge is 2.45. The van der Waals surface area contributed by atoms with E-state index in [1.807, 2.05) is 25.1 Å². The van der Waals surface area contributed by atoms with Gasteiger partial charge in [0.05, 0.1) is 0 Å². The maximum atomic E-state index is 8.53. The van der Waals surface area contributed by atoms with Crippen LogP contribution in [0.4, 0.5) is 0 Å². The van der Waals surface area contributed by atoms with Crippen molar-refractivity contribution in [1.82, 2.24) is 0 Å². The highest BCUT2D eigenvalue weighted by Crippen LogP contribution is 2.47. The molecular formula is C12H15N3O. The number of benzene rings is 1. The van der Waals surface area contributed by atoms with E-state index >= 15 is 0 Å². The van der Waals surface area contributed by atoms with E-state index in [1.165, 1.54) is 5.56 Å². The van der Waals surface area contributed by atoms with E-state index in [4.69, 9.17) is 10.3 Å². The molecule has 0 saturated heterocycles. The summed E-state index contributed by atoms with van der Waals surface area (Å²) in [5.74, 6) is 0.457. The molecule has 0 heterocycles. The summed E-state index contributed by atoms with van der Waals surface area (Å²) < 4.78 is 5.54. The Morgan fingerprint density at radius 1 is 1.44 bits per heavy atom. The van der Waals surface area contributed by atoms with E-state index in [-0.39, 0.29) is 0 Å². The minimum Gasteiger partial charge on any atom is -0.369 e. The molecule has 0 aliphatic heterocycles. The lowest BCUT2D eigenvalue weighted by Crippen LogP contribution is -2.43. The van der Waals surface area contributed by atoms with Gasteiger partial charge in [-0.05, 0) is 36.8 Å². The van der Waals surface area contributed by atoms with Gasteiger partial charge >= 0.3 is 0 Å². The first-order valence-corrected chi connectivity index (χ1v) is 5.55. The average molecular weight is 217 g/mol. The molecule has 1 fully saturated rings. The zero-order valence-electron chi connectivity index (χ0n) is 9.34. The van der Waals surface area contributed by atoms with Crippen LogP contribution in [0.3, 0.4) is 0 Å². The molecule has 1 aromatic rings. The van der Waals surface area contributed by atoms with Gasteiger partial charge in [0.15, 0.2) is 0 Å². The number of hydrogen-bond acceptors (Lipinski definition) is 2. The van der Waals surface area contributed by atoms with Crippen LogP contribution >= 0.6 is 0 Å². The lowest BCUT2D eigenvalue weighted by molar-refractivity contribution is -0.101. The van der Waals surface area contributed by atoms with E-state index in [9.17, 15) is 0 Å². The molecule has 0 aromatic heterocycles. The van der Waals surface area contributed by atoms with Crippen molar-refractivity contribution < 1.29 is 4.74 Å². The molecule has 0 N–H and O–H groups in total. The summed E-state index contributed by atoms with van der Waals surface area (Å²) in [5.41, 5.74) is 9.23. The van der Waals surface area contributed by atoms with Crippen LogP contribution in [0, 0.1) is 0 Å². The molecule has 4 heteroatoms. The van der Waals surface area contributed by atoms with Crippen LogP contribution in [0.15, 0.2) is 35.4 Å². The molecule has 84 valence electrons. The van der Waals surface area contributed by atoms with Gasteiger partial charge in [0, 0.05) is 11.5 Å². The number of nitrogens with zero attached hydrogens (tertiary/aromatic N) is 3. The molecule has 0 unspecified atom stereocenters. The van der Waals surface area contributed by atoms with E-state index in [0.29, 0.717) is 12.5 Å². The summed E-state index contributed by atoms with van der Waals surface area (Å²) >= 11 is 0. The number of rotatable bonds is 4. The second kappa shape index (κ2) is 4.56. The third kappa shape index (κ3) is 2.03. The molecule has 0 spiro atoms. The Morgan fingerprint density at radius 2 is 2.12 bits per heavy atom. The first-order chi connectivity index (χ1) is 7.79. The van der Waals surface area contributed by atoms with Gasteiger partial charge in [0.2, 0.25) is 0 Å². The molecular weight excluding hydrogens is 202 g/mol. The number of ether oxygens (including phenoxy) is 1. The molecule has 1 aliphatic carbocycles. The number of hydrogen-bond donors (Lipinski definition) is 0. The van der Waals surface area contributed by atoms with Gasteiger partial charge in [-0.2, -0.15) is 0 Å². The Hall–Kier alpha value is -1.51. The van der Waals surface area contributed by atoms with Gasteiger partial charge in [0.1, 0.15) is 5.72 Å². The first-order valence-electron chi connectivity index (χ1n) is 5.55. The fourth-order valence-electron chi connectivity index (χ4n) is 2.25. The quantitative estimate of drug-likeness (QED) is 0.431. The van der Waals surface area contributed by atoms with E-state index in [0.717, 1.165) is 12.8 Å². The van der Waals surface area contributed by atoms with Crippen molar-refractivity contribution in [3.05, 3.63) is 46.3 Å². The molecule has 1 aliphatic rings. The van der Waals surface area contributed by atoms with Crippen molar-refractivity contribution in [2.45, 2.75) is 31.4 Å². The van der Waals surface area contributed by atoms with Crippen LogP contribution in [0.1, 0.15) is 31.2 Å². The van der Waals surface area contributed by atoms with Crippen LogP contribution in [0.2, 0.25) is 0 Å². The van der Waals surface area contributed by atoms with E-state index in [2.05, 4.69) is 22.2 Å². The fraction of sp³-hybridized carbons (Fsp3) is 0.500. The van der Waals surface area contributed by atoms with Gasteiger partial charge in [-0.1, -0.05) is 35.4 Å². The van der Waals surface area contributed by atoms with Gasteiger partial charge in [-0.15, -0.1) is 0 Å². The molecule has 0 bridgehead atoms. The van der Waals surface area contributed by atoms with Crippen LogP contribution in [0.25, 0.3) is 10.4 Å². The third-order valence-electron chi connectivity index (χ3n) is 3.04. The molecule has 16 heavy (non-hydrogen) atoms. The maximum Gasteiger partial charge on any atom is 0.148 e. The summed E-state index contributed by atoms with van der Waals surface area (Å²) in [6.07, 6.45) is 1.57. The second-order valence-corrected chi connectivity index (χ2v) is 4.08. The summed E-state index contributed by atoms with van der Waals surface area (Å²) in [4.78, 5) is 2.88. The topological polar surface area (TPSA) is 58.0 Å². The third-order valence-corrected chi connectivity index (χ3v) is 3.04. The summed E-state index contributed by atoms with van der Waals surface area (Å²) in [6.45, 7) is 2.50. The maximum absolute atomic E-state index is 8.53. The van der Waals surface area contributed by atoms with Crippen molar-refractivity contribution >= 4 is 0 Å². The molecule has 0 atom stereocenters. The van der Waals surface area contributed by atoms with Crippen molar-refractivity contribution in [3.8, 4) is 0 Å². The average Bonchev–Trinajstić information content (AvgIpc) is 2.27. The highest BCUT2D eigenvalue weighted by molar-refractivity contribution is 5.24. The van der Waals surface area contributed by atoms with Crippen molar-refractivity contribution in [2.75, 3.05) is 6.61 Å². The molecule has 0 radical (unpaired) electrons. The lowest BCUT2D eigenvalue weighted by Gasteiger charge is -2.44. The van der Waals surface area contributed by atoms with E-state index in [1.54, 1.807) is 0 Å². The fourth-order valence-corrected chi connectivity index (χ4v) is 2.25. The Morgan fingerprint density at radius 3 is 2.69 bits per heavy atom. The van der Waals surface area contributed by atoms with Gasteiger partial charge in [0.25, 0.3) is 0 Å². The van der Waals surface area contributed by atoms with Crippen molar-refractivity contribution in [1.29, 1.82) is 0 Å². The molecule has 1 saturated carbocycles. The standard InChI is InChI=1S/C12H15N3O/c1-2-16-12(14-15-13)8-11(9-12)10-6-4-3-5-7-10/h3-7,11H,2,8-9H2,1H3. The summed E-state index contributed by atoms with van der Waals surface area (Å²) in [6, 6.07) is 10.3. The largest absolute Gasteiger partial charge is 0.369 e. The minimum absolute atomic E-state index is 0.457. The van der Waals surface area contributed by atoms with Crippen LogP contribution in [-0.4, -0.2) is 12.3 Å². The Kier molecular flexibility index (Phi) is 3.13. The first kappa shape index (κ1) is 11.0. The van der Waals surface area contributed by atoms with Crippen LogP contribution < -0.4 is 0 Å². The van der Waals surface area contributed by atoms with E-state index < -0.39 is 5.72 Å². The van der Waals surface area contributed by atoms with Crippen LogP contribution in [-0.2, 0) is 4.74 Å². The Balaban J connectivity index is 2.04. The molecule has 0 amide bonds. The zero-order valence-corrected chi connectivity index (χ0v) is 9.34. The highest BCUT2D eigenvalue weighted by atomic mass is 16.5. The Labute approximate surface area is 94.9 Å². The predicted octanol–water partition coefficient (Wildman–Crippen LogP) is 3.61. The molecule has 2 rings (SSSR count). The number of azide groups is 1. The van der Waals surface area contributed by atoms with Gasteiger partial charge in [-0.3, -0.25) is 0 Å². The summed E-state index contributed by atoms with van der Waals surface area (Å²) in [5, 5.41) is 3.79. The smallest absolute Gasteiger partial charge is 0.148 e. The zero-order chi connectivity index (χ0) is 11.4. The predicted molar refractivity (Wildman–Crippen MR) is 61.9 cm³/mol. The molecule has 4 nitrogen and oxygen atoms in total. The van der Waals surface area contributed by atoms with Crippen molar-refractivity contribution in [2.24, 2.45) is 5.11 Å². The van der Waals surface area contributed by atoms with Crippen LogP contribution in [0.5, 0.6) is 0 Å². The summed E-state index contributed by atoms with van der Waals surface area (Å²) in [7, 11) is 0. The molecule has 1 aromatic carbocycles. The second-order valence-electron chi connectivity index (χ2n) is 4.08. The normalized spacial score (nSPS) is 27.9.